The van der Waals surface area contributed by atoms with Crippen molar-refractivity contribution in [3.63, 3.8) is 0 Å². The number of aliphatic hydroxyl groups is 1. The number of likely N-dealkylation sites (tertiary alicyclic amines) is 1. The van der Waals surface area contributed by atoms with E-state index in [0.717, 1.165) is 12.8 Å². The lowest BCUT2D eigenvalue weighted by atomic mass is 9.85. The van der Waals surface area contributed by atoms with Crippen molar-refractivity contribution in [2.45, 2.75) is 200 Å². The van der Waals surface area contributed by atoms with Gasteiger partial charge in [0.2, 0.25) is 29.5 Å². The van der Waals surface area contributed by atoms with Gasteiger partial charge in [-0.1, -0.05) is 60.3 Å². The van der Waals surface area contributed by atoms with Gasteiger partial charge >= 0.3 is 11.9 Å². The van der Waals surface area contributed by atoms with Crippen LogP contribution in [0, 0.1) is 29.6 Å². The number of rotatable bonds is 36. The molecule has 5 amide bonds. The molecule has 0 aromatic heterocycles. The molecule has 2 saturated heterocycles. The van der Waals surface area contributed by atoms with E-state index >= 15 is 0 Å². The third-order valence-corrected chi connectivity index (χ3v) is 13.5. The van der Waals surface area contributed by atoms with Crippen LogP contribution in [0.5, 0.6) is 0 Å². The predicted octanol–water partition coefficient (Wildman–Crippen LogP) is 2.10. The number of aliphatic carboxylic acids is 2. The maximum Gasteiger partial charge on any atom is 0.306 e. The van der Waals surface area contributed by atoms with E-state index in [1.54, 1.807) is 13.8 Å². The third-order valence-electron chi connectivity index (χ3n) is 13.5. The molecule has 0 aliphatic carbocycles. The first kappa shape index (κ1) is 61.7. The number of unbranched alkanes of at least 4 members (excludes halogenated alkanes) is 2. The summed E-state index contributed by atoms with van der Waals surface area (Å²) in [6.07, 6.45) is -0.0260. The molecule has 21 nitrogen and oxygen atoms in total. The zero-order valence-corrected chi connectivity index (χ0v) is 42.5. The number of nitrogens with zero attached hydrogens (tertiary/aromatic N) is 1. The van der Waals surface area contributed by atoms with Crippen molar-refractivity contribution in [2.75, 3.05) is 13.1 Å². The Bertz CT molecular complexity index is 1910. The first-order valence-electron chi connectivity index (χ1n) is 25.4. The Morgan fingerprint density at radius 1 is 0.704 bits per heavy atom. The molecular formula is C50H80N6O15. The van der Waals surface area contributed by atoms with Crippen molar-refractivity contribution < 1.29 is 72.9 Å². The van der Waals surface area contributed by atoms with E-state index in [9.17, 15) is 72.9 Å². The van der Waals surface area contributed by atoms with Crippen molar-refractivity contribution in [1.82, 2.24) is 26.2 Å². The SMILES string of the molecule is CCCCC[C@H](CC(=O)[C@@H]1CCCN1C(=O)CCC(=O)[C@H](C)NC(=O)[C@@H](CC(=O)[C@@H](NC(=O)[C@H](CC(=O)O)CC(=O)[C@H](CCC(N)=O)NC(=O)CCC(=O)[C@@H]1C[C@@H](O)CN1)C(C)CC)CC(C)C)C(=O)O. The topological polar surface area (TPSA) is 343 Å². The maximum absolute atomic E-state index is 14.1. The summed E-state index contributed by atoms with van der Waals surface area (Å²) in [4.78, 5) is 158. The smallest absolute Gasteiger partial charge is 0.306 e. The molecule has 10 atom stereocenters. The Morgan fingerprint density at radius 2 is 1.37 bits per heavy atom. The second kappa shape index (κ2) is 31.1. The first-order valence-corrected chi connectivity index (χ1v) is 25.4. The number of carboxylic acids is 2. The molecule has 0 bridgehead atoms. The average molecular weight is 1010 g/mol. The lowest BCUT2D eigenvalue weighted by molar-refractivity contribution is -0.145. The molecule has 2 rings (SSSR count). The van der Waals surface area contributed by atoms with Gasteiger partial charge in [-0.3, -0.25) is 57.5 Å². The molecule has 2 aliphatic heterocycles. The van der Waals surface area contributed by atoms with Gasteiger partial charge in [0, 0.05) is 70.4 Å². The molecule has 0 saturated carbocycles. The lowest BCUT2D eigenvalue weighted by Crippen LogP contribution is -2.50. The second-order valence-electron chi connectivity index (χ2n) is 19.9. The Balaban J connectivity index is 2.13. The second-order valence-corrected chi connectivity index (χ2v) is 19.9. The Kier molecular flexibility index (Phi) is 27.0. The van der Waals surface area contributed by atoms with Gasteiger partial charge in [-0.15, -0.1) is 0 Å². The minimum atomic E-state index is -1.54. The number of ketones is 5. The summed E-state index contributed by atoms with van der Waals surface area (Å²) in [5.74, 6) is -12.5. The molecule has 400 valence electrons. The van der Waals surface area contributed by atoms with Crippen LogP contribution in [0.1, 0.15) is 164 Å². The van der Waals surface area contributed by atoms with Crippen LogP contribution in [-0.2, 0) is 57.5 Å². The Hall–Kier alpha value is -5.44. The summed E-state index contributed by atoms with van der Waals surface area (Å²) in [5, 5.41) is 39.8. The quantitative estimate of drug-likeness (QED) is 0.0417. The van der Waals surface area contributed by atoms with Crippen molar-refractivity contribution in [3.8, 4) is 0 Å². The number of Topliss-reactive ketones (excluding diaryl/α,β-unsaturated/α-hetero) is 5. The van der Waals surface area contributed by atoms with Crippen LogP contribution in [0.15, 0.2) is 0 Å². The number of carbonyl (C=O) groups excluding carboxylic acids is 10. The number of β-amino-alcohol motifs (C(OH)–C–C–N with tert-alkyl or cyclic N) is 1. The monoisotopic (exact) mass is 1000 g/mol. The summed E-state index contributed by atoms with van der Waals surface area (Å²) in [7, 11) is 0. The summed E-state index contributed by atoms with van der Waals surface area (Å²) in [6, 6.07) is -5.09. The van der Waals surface area contributed by atoms with Crippen LogP contribution in [0.25, 0.3) is 0 Å². The Labute approximate surface area is 416 Å². The van der Waals surface area contributed by atoms with Gasteiger partial charge in [0.25, 0.3) is 0 Å². The lowest BCUT2D eigenvalue weighted by Gasteiger charge is -2.28. The molecule has 71 heavy (non-hydrogen) atoms. The van der Waals surface area contributed by atoms with Crippen LogP contribution in [0.3, 0.4) is 0 Å². The van der Waals surface area contributed by atoms with E-state index in [0.29, 0.717) is 38.6 Å². The molecule has 0 radical (unpaired) electrons. The fourth-order valence-corrected chi connectivity index (χ4v) is 9.10. The number of carbonyl (C=O) groups is 12. The molecule has 2 heterocycles. The summed E-state index contributed by atoms with van der Waals surface area (Å²) >= 11 is 0. The number of amides is 5. The molecular weight excluding hydrogens is 925 g/mol. The van der Waals surface area contributed by atoms with Gasteiger partial charge in [0.15, 0.2) is 23.1 Å². The minimum Gasteiger partial charge on any atom is -0.481 e. The number of nitrogens with two attached hydrogens (primary N) is 1. The van der Waals surface area contributed by atoms with Gasteiger partial charge in [0.05, 0.1) is 54.6 Å². The van der Waals surface area contributed by atoms with Crippen LogP contribution >= 0.6 is 0 Å². The molecule has 0 spiro atoms. The normalized spacial score (nSPS) is 19.6. The summed E-state index contributed by atoms with van der Waals surface area (Å²) < 4.78 is 0. The van der Waals surface area contributed by atoms with Gasteiger partial charge in [-0.2, -0.15) is 0 Å². The van der Waals surface area contributed by atoms with Crippen LogP contribution in [0.2, 0.25) is 0 Å². The number of primary amides is 1. The molecule has 21 heteroatoms. The van der Waals surface area contributed by atoms with Crippen LogP contribution in [-0.4, -0.2) is 140 Å². The molecule has 2 aliphatic rings. The first-order chi connectivity index (χ1) is 33.4. The molecule has 0 aromatic carbocycles. The zero-order valence-electron chi connectivity index (χ0n) is 42.5. The molecule has 0 aromatic rings. The van der Waals surface area contributed by atoms with E-state index in [1.165, 1.54) is 11.8 Å². The van der Waals surface area contributed by atoms with E-state index in [-0.39, 0.29) is 88.2 Å². The molecule has 9 N–H and O–H groups in total. The number of aliphatic hydroxyl groups excluding tert-OH is 1. The molecule has 1 unspecified atom stereocenters. The van der Waals surface area contributed by atoms with E-state index in [4.69, 9.17) is 5.73 Å². The Morgan fingerprint density at radius 3 is 1.94 bits per heavy atom. The highest BCUT2D eigenvalue weighted by Gasteiger charge is 2.38. The van der Waals surface area contributed by atoms with E-state index in [2.05, 4.69) is 21.3 Å². The fourth-order valence-electron chi connectivity index (χ4n) is 9.10. The largest absolute Gasteiger partial charge is 0.481 e. The highest BCUT2D eigenvalue weighted by atomic mass is 16.4. The minimum absolute atomic E-state index is 0.107. The third kappa shape index (κ3) is 21.8. The van der Waals surface area contributed by atoms with Crippen molar-refractivity contribution in [2.24, 2.45) is 35.3 Å². The van der Waals surface area contributed by atoms with Gasteiger partial charge in [0.1, 0.15) is 5.78 Å². The van der Waals surface area contributed by atoms with Gasteiger partial charge in [-0.25, -0.2) is 0 Å². The number of carboxylic acid groups (broad SMARTS) is 2. The predicted molar refractivity (Wildman–Crippen MR) is 258 cm³/mol. The standard InChI is InChI=1S/C50H80N6O15/c1-7-9-10-12-31(50(70)71)22-41(61)37-13-11-20-56(37)45(65)19-16-38(58)30(6)53-48(68)32(21-28(3)4)24-42(62)47(29(5)8-2)55-49(69)33(25-46(66)67)23-40(60)35(14-17-43(51)63)54-44(64)18-15-39(59)36-26-34(57)27-52-36/h28-37,47,52,57H,7-27H2,1-6H3,(H2,51,63)(H,53,68)(H,54,64)(H,55,69)(H,66,67)(H,70,71)/t29?,30-,31+,32+,33-,34+,35-,36-,37-,47-/m0/s1. The van der Waals surface area contributed by atoms with E-state index in [1.807, 2.05) is 20.8 Å². The summed E-state index contributed by atoms with van der Waals surface area (Å²) in [5.41, 5.74) is 5.31. The molecule has 2 fully saturated rings. The highest BCUT2D eigenvalue weighted by molar-refractivity contribution is 5.98. The maximum atomic E-state index is 14.1. The highest BCUT2D eigenvalue weighted by Crippen LogP contribution is 2.26. The van der Waals surface area contributed by atoms with Crippen LogP contribution in [0.4, 0.5) is 0 Å². The van der Waals surface area contributed by atoms with Crippen molar-refractivity contribution in [1.29, 1.82) is 0 Å². The average Bonchev–Trinajstić information content (AvgIpc) is 3.98. The zero-order chi connectivity index (χ0) is 53.5. The number of hydrogen-bond donors (Lipinski definition) is 8. The summed E-state index contributed by atoms with van der Waals surface area (Å²) in [6.45, 7) is 11.0. The van der Waals surface area contributed by atoms with Gasteiger partial charge in [-0.05, 0) is 57.3 Å². The van der Waals surface area contributed by atoms with E-state index < -0.39 is 132 Å². The van der Waals surface area contributed by atoms with Gasteiger partial charge < -0.3 is 47.2 Å². The van der Waals surface area contributed by atoms with Crippen molar-refractivity contribution in [3.05, 3.63) is 0 Å². The van der Waals surface area contributed by atoms with Crippen LogP contribution < -0.4 is 27.0 Å². The number of nitrogens with one attached hydrogen (secondary N) is 4. The van der Waals surface area contributed by atoms with Crippen molar-refractivity contribution >= 4 is 70.4 Å². The fraction of sp³-hybridized carbons (Fsp3) is 0.760. The number of hydrogen-bond acceptors (Lipinski definition) is 14.